The van der Waals surface area contributed by atoms with Crippen LogP contribution in [0.15, 0.2) is 18.3 Å². The van der Waals surface area contributed by atoms with Crippen molar-refractivity contribution in [2.24, 2.45) is 0 Å². The number of carbonyl (C=O) groups excluding carboxylic acids is 1. The van der Waals surface area contributed by atoms with Gasteiger partial charge in [0.25, 0.3) is 5.69 Å². The number of aromatic nitrogens is 1. The number of amides is 1. The van der Waals surface area contributed by atoms with Gasteiger partial charge >= 0.3 is 6.09 Å². The SMILES string of the molecule is O=C(NNc1ccc([N+](=O)[O-])cn1)OCCCl. The van der Waals surface area contributed by atoms with Crippen LogP contribution in [-0.2, 0) is 4.74 Å². The molecule has 0 aliphatic rings. The van der Waals surface area contributed by atoms with Crippen LogP contribution in [0.1, 0.15) is 0 Å². The third-order valence-electron chi connectivity index (χ3n) is 1.56. The van der Waals surface area contributed by atoms with E-state index in [1.807, 2.05) is 0 Å². The molecule has 1 amide bonds. The molecule has 0 saturated heterocycles. The van der Waals surface area contributed by atoms with Gasteiger partial charge in [-0.2, -0.15) is 0 Å². The summed E-state index contributed by atoms with van der Waals surface area (Å²) in [6.07, 6.45) is 0.347. The van der Waals surface area contributed by atoms with Gasteiger partial charge in [-0.1, -0.05) is 0 Å². The van der Waals surface area contributed by atoms with Gasteiger partial charge in [0, 0.05) is 6.07 Å². The summed E-state index contributed by atoms with van der Waals surface area (Å²) in [6, 6.07) is 2.60. The Balaban J connectivity index is 2.42. The zero-order valence-electron chi connectivity index (χ0n) is 8.55. The molecule has 8 nitrogen and oxygen atoms in total. The van der Waals surface area contributed by atoms with E-state index in [1.54, 1.807) is 0 Å². The lowest BCUT2D eigenvalue weighted by molar-refractivity contribution is -0.385. The lowest BCUT2D eigenvalue weighted by Crippen LogP contribution is -2.30. The molecule has 17 heavy (non-hydrogen) atoms. The molecule has 1 heterocycles. The fourth-order valence-corrected chi connectivity index (χ4v) is 0.928. The number of halogens is 1. The maximum atomic E-state index is 11.0. The van der Waals surface area contributed by atoms with Crippen molar-refractivity contribution in [1.29, 1.82) is 0 Å². The minimum atomic E-state index is -0.717. The molecule has 0 spiro atoms. The predicted octanol–water partition coefficient (Wildman–Crippen LogP) is 1.28. The molecule has 0 fully saturated rings. The minimum absolute atomic E-state index is 0.0861. The van der Waals surface area contributed by atoms with E-state index in [1.165, 1.54) is 12.1 Å². The molecular formula is C8H9ClN4O4. The molecule has 0 bridgehead atoms. The van der Waals surface area contributed by atoms with Crippen LogP contribution in [0.4, 0.5) is 16.3 Å². The normalized spacial score (nSPS) is 9.47. The molecule has 2 N–H and O–H groups in total. The van der Waals surface area contributed by atoms with E-state index in [9.17, 15) is 14.9 Å². The minimum Gasteiger partial charge on any atom is -0.447 e. The van der Waals surface area contributed by atoms with Crippen LogP contribution < -0.4 is 10.9 Å². The summed E-state index contributed by atoms with van der Waals surface area (Å²) < 4.78 is 4.59. The first kappa shape index (κ1) is 13.0. The van der Waals surface area contributed by atoms with Gasteiger partial charge in [-0.3, -0.25) is 15.5 Å². The summed E-state index contributed by atoms with van der Waals surface area (Å²) in [5.41, 5.74) is 4.46. The lowest BCUT2D eigenvalue weighted by atomic mass is 10.4. The first-order chi connectivity index (χ1) is 8.13. The molecule has 0 aliphatic carbocycles. The van der Waals surface area contributed by atoms with Crippen molar-refractivity contribution in [3.05, 3.63) is 28.4 Å². The Morgan fingerprint density at radius 2 is 2.35 bits per heavy atom. The van der Waals surface area contributed by atoms with Crippen molar-refractivity contribution < 1.29 is 14.5 Å². The van der Waals surface area contributed by atoms with E-state index in [0.29, 0.717) is 0 Å². The van der Waals surface area contributed by atoms with E-state index in [4.69, 9.17) is 11.6 Å². The number of hydrazine groups is 1. The number of pyridine rings is 1. The van der Waals surface area contributed by atoms with Crippen molar-refractivity contribution in [2.45, 2.75) is 0 Å². The monoisotopic (exact) mass is 260 g/mol. The number of hydrogen-bond donors (Lipinski definition) is 2. The quantitative estimate of drug-likeness (QED) is 0.469. The summed E-state index contributed by atoms with van der Waals surface area (Å²) in [5, 5.41) is 10.3. The van der Waals surface area contributed by atoms with E-state index < -0.39 is 11.0 Å². The van der Waals surface area contributed by atoms with Crippen LogP contribution in [0.5, 0.6) is 0 Å². The second-order valence-electron chi connectivity index (χ2n) is 2.73. The van der Waals surface area contributed by atoms with Crippen molar-refractivity contribution in [2.75, 3.05) is 17.9 Å². The smallest absolute Gasteiger partial charge is 0.426 e. The largest absolute Gasteiger partial charge is 0.447 e. The number of alkyl halides is 1. The summed E-state index contributed by atoms with van der Waals surface area (Å²) in [5.74, 6) is 0.446. The van der Waals surface area contributed by atoms with Crippen LogP contribution >= 0.6 is 11.6 Å². The molecular weight excluding hydrogens is 252 g/mol. The zero-order valence-corrected chi connectivity index (χ0v) is 9.31. The number of nitrogens with one attached hydrogen (secondary N) is 2. The second kappa shape index (κ2) is 6.48. The highest BCUT2D eigenvalue weighted by Gasteiger charge is 2.05. The highest BCUT2D eigenvalue weighted by molar-refractivity contribution is 6.18. The molecule has 9 heteroatoms. The number of nitrogens with zero attached hydrogens (tertiary/aromatic N) is 2. The molecule has 1 aromatic rings. The molecule has 1 aromatic heterocycles. The molecule has 0 atom stereocenters. The van der Waals surface area contributed by atoms with Crippen LogP contribution in [0.3, 0.4) is 0 Å². The Morgan fingerprint density at radius 3 is 2.88 bits per heavy atom. The van der Waals surface area contributed by atoms with Gasteiger partial charge in [0.15, 0.2) is 0 Å². The zero-order chi connectivity index (χ0) is 12.7. The molecule has 0 aromatic carbocycles. The van der Waals surface area contributed by atoms with Crippen molar-refractivity contribution in [3.8, 4) is 0 Å². The number of hydrogen-bond acceptors (Lipinski definition) is 6. The first-order valence-electron chi connectivity index (χ1n) is 4.48. The van der Waals surface area contributed by atoms with Crippen molar-refractivity contribution in [3.63, 3.8) is 0 Å². The highest BCUT2D eigenvalue weighted by atomic mass is 35.5. The first-order valence-corrected chi connectivity index (χ1v) is 5.02. The van der Waals surface area contributed by atoms with Gasteiger partial charge in [-0.15, -0.1) is 11.6 Å². The molecule has 92 valence electrons. The van der Waals surface area contributed by atoms with E-state index in [2.05, 4.69) is 20.6 Å². The van der Waals surface area contributed by atoms with Crippen LogP contribution in [0, 0.1) is 10.1 Å². The summed E-state index contributed by atoms with van der Waals surface area (Å²) in [6.45, 7) is 0.0861. The number of carbonyl (C=O) groups is 1. The number of nitro groups is 1. The van der Waals surface area contributed by atoms with E-state index >= 15 is 0 Å². The van der Waals surface area contributed by atoms with Gasteiger partial charge in [-0.25, -0.2) is 15.2 Å². The fourth-order valence-electron chi connectivity index (χ4n) is 0.850. The Kier molecular flexibility index (Phi) is 4.95. The van der Waals surface area contributed by atoms with Crippen molar-refractivity contribution in [1.82, 2.24) is 10.4 Å². The standard InChI is InChI=1S/C8H9ClN4O4/c9-3-4-17-8(14)12-11-7-2-1-6(5-10-7)13(15)16/h1-2,5H,3-4H2,(H,10,11)(H,12,14). The Bertz CT molecular complexity index is 397. The van der Waals surface area contributed by atoms with Gasteiger partial charge in [0.05, 0.1) is 10.8 Å². The Morgan fingerprint density at radius 1 is 1.59 bits per heavy atom. The van der Waals surface area contributed by atoms with Gasteiger partial charge in [0.1, 0.15) is 18.6 Å². The predicted molar refractivity (Wildman–Crippen MR) is 59.7 cm³/mol. The van der Waals surface area contributed by atoms with E-state index in [-0.39, 0.29) is 24.0 Å². The fraction of sp³-hybridized carbons (Fsp3) is 0.250. The Labute approximate surface area is 101 Å². The van der Waals surface area contributed by atoms with Crippen molar-refractivity contribution >= 4 is 29.2 Å². The molecule has 0 saturated carbocycles. The number of ether oxygens (including phenoxy) is 1. The van der Waals surface area contributed by atoms with Crippen LogP contribution in [-0.4, -0.2) is 28.5 Å². The third kappa shape index (κ3) is 4.51. The topological polar surface area (TPSA) is 106 Å². The summed E-state index contributed by atoms with van der Waals surface area (Å²) >= 11 is 5.31. The average Bonchev–Trinajstić information content (AvgIpc) is 2.34. The summed E-state index contributed by atoms with van der Waals surface area (Å²) in [4.78, 5) is 24.4. The molecule has 1 rings (SSSR count). The second-order valence-corrected chi connectivity index (χ2v) is 3.11. The van der Waals surface area contributed by atoms with Gasteiger partial charge in [-0.05, 0) is 6.07 Å². The van der Waals surface area contributed by atoms with Gasteiger partial charge in [0.2, 0.25) is 0 Å². The highest BCUT2D eigenvalue weighted by Crippen LogP contribution is 2.10. The maximum absolute atomic E-state index is 11.0. The third-order valence-corrected chi connectivity index (χ3v) is 1.72. The average molecular weight is 261 g/mol. The summed E-state index contributed by atoms with van der Waals surface area (Å²) in [7, 11) is 0. The van der Waals surface area contributed by atoms with Crippen LogP contribution in [0.25, 0.3) is 0 Å². The van der Waals surface area contributed by atoms with E-state index in [0.717, 1.165) is 6.20 Å². The Hall–Kier alpha value is -2.09. The number of rotatable bonds is 5. The number of anilines is 1. The van der Waals surface area contributed by atoms with Crippen LogP contribution in [0.2, 0.25) is 0 Å². The molecule has 0 aliphatic heterocycles. The van der Waals surface area contributed by atoms with Gasteiger partial charge < -0.3 is 4.74 Å². The lowest BCUT2D eigenvalue weighted by Gasteiger charge is -2.07. The molecule has 0 unspecified atom stereocenters. The molecule has 0 radical (unpaired) electrons. The maximum Gasteiger partial charge on any atom is 0.426 e.